The Labute approximate surface area is 119 Å². The van der Waals surface area contributed by atoms with Gasteiger partial charge in [-0.1, -0.05) is 12.1 Å². The molecule has 1 aromatic carbocycles. The van der Waals surface area contributed by atoms with E-state index in [1.165, 1.54) is 17.4 Å². The number of carbonyl (C=O) groups excluding carboxylic acids is 1. The van der Waals surface area contributed by atoms with Crippen molar-refractivity contribution >= 4 is 41.5 Å². The second kappa shape index (κ2) is 5.46. The van der Waals surface area contributed by atoms with Gasteiger partial charge in [-0.3, -0.25) is 4.79 Å². The van der Waals surface area contributed by atoms with Crippen molar-refractivity contribution in [3.63, 3.8) is 0 Å². The molecule has 0 atom stereocenters. The Balaban J connectivity index is 2.29. The summed E-state index contributed by atoms with van der Waals surface area (Å²) in [7, 11) is 0. The molecule has 1 amide bonds. The minimum absolute atomic E-state index is 0.0659. The summed E-state index contributed by atoms with van der Waals surface area (Å²) in [6, 6.07) is 6.30. The molecule has 2 aromatic rings. The van der Waals surface area contributed by atoms with Crippen LogP contribution in [-0.4, -0.2) is 17.0 Å². The zero-order valence-electron chi connectivity index (χ0n) is 10.0. The van der Waals surface area contributed by atoms with E-state index >= 15 is 0 Å². The Kier molecular flexibility index (Phi) is 3.92. The fourth-order valence-electron chi connectivity index (χ4n) is 1.59. The Hall–Kier alpha value is -1.79. The summed E-state index contributed by atoms with van der Waals surface area (Å²) in [5.74, 6) is -1.40. The molecule has 0 saturated heterocycles. The first-order chi connectivity index (χ1) is 9.00. The summed E-state index contributed by atoms with van der Waals surface area (Å²) >= 11 is 5.51. The van der Waals surface area contributed by atoms with Crippen LogP contribution in [0.15, 0.2) is 34.5 Å². The quantitative estimate of drug-likeness (QED) is 0.761. The average molecular weight is 293 g/mol. The van der Waals surface area contributed by atoms with Gasteiger partial charge in [0.05, 0.1) is 16.1 Å². The number of benzene rings is 1. The second-order valence-electron chi connectivity index (χ2n) is 3.88. The van der Waals surface area contributed by atoms with E-state index in [1.54, 1.807) is 30.5 Å². The predicted molar refractivity (Wildman–Crippen MR) is 77.7 cm³/mol. The maximum absolute atomic E-state index is 12.1. The number of para-hydroxylation sites is 1. The molecule has 0 aliphatic carbocycles. The molecule has 1 heterocycles. The number of carboxylic acid groups (broad SMARTS) is 1. The van der Waals surface area contributed by atoms with Gasteiger partial charge in [0.15, 0.2) is 0 Å². The zero-order valence-corrected chi connectivity index (χ0v) is 11.7. The van der Waals surface area contributed by atoms with Crippen molar-refractivity contribution in [1.29, 1.82) is 0 Å². The van der Waals surface area contributed by atoms with Crippen LogP contribution in [0.5, 0.6) is 0 Å². The summed E-state index contributed by atoms with van der Waals surface area (Å²) in [5.41, 5.74) is 1.14. The van der Waals surface area contributed by atoms with E-state index < -0.39 is 5.97 Å². The second-order valence-corrected chi connectivity index (χ2v) is 5.24. The number of thiophene rings is 1. The number of carboxylic acids is 1. The summed E-state index contributed by atoms with van der Waals surface area (Å²) < 4.78 is 0. The summed E-state index contributed by atoms with van der Waals surface area (Å²) in [6.07, 6.45) is 0. The molecular formula is C13H11NO3S2. The van der Waals surface area contributed by atoms with Crippen LogP contribution in [0.1, 0.15) is 25.6 Å². The number of nitrogens with one attached hydrogen (secondary N) is 1. The lowest BCUT2D eigenvalue weighted by Crippen LogP contribution is -2.14. The summed E-state index contributed by atoms with van der Waals surface area (Å²) in [6.45, 7) is 1.80. The molecule has 0 aliphatic rings. The maximum atomic E-state index is 12.1. The fourth-order valence-corrected chi connectivity index (χ4v) is 2.79. The SMILES string of the molecule is Cc1c(S)csc1C(=O)Nc1ccccc1C(=O)O. The van der Waals surface area contributed by atoms with Gasteiger partial charge >= 0.3 is 5.97 Å². The van der Waals surface area contributed by atoms with Crippen LogP contribution < -0.4 is 5.32 Å². The zero-order chi connectivity index (χ0) is 14.0. The lowest BCUT2D eigenvalue weighted by atomic mass is 10.1. The van der Waals surface area contributed by atoms with E-state index in [-0.39, 0.29) is 17.2 Å². The highest BCUT2D eigenvalue weighted by atomic mass is 32.1. The van der Waals surface area contributed by atoms with Crippen LogP contribution in [0.25, 0.3) is 0 Å². The third-order valence-electron chi connectivity index (χ3n) is 2.63. The minimum Gasteiger partial charge on any atom is -0.478 e. The first kappa shape index (κ1) is 13.6. The molecule has 0 spiro atoms. The van der Waals surface area contributed by atoms with Crippen molar-refractivity contribution in [2.24, 2.45) is 0 Å². The fraction of sp³-hybridized carbons (Fsp3) is 0.0769. The molecule has 0 bridgehead atoms. The summed E-state index contributed by atoms with van der Waals surface area (Å²) in [5, 5.41) is 13.4. The highest BCUT2D eigenvalue weighted by Crippen LogP contribution is 2.26. The normalized spacial score (nSPS) is 10.2. The first-order valence-corrected chi connectivity index (χ1v) is 6.74. The Morgan fingerprint density at radius 1 is 1.32 bits per heavy atom. The van der Waals surface area contributed by atoms with Gasteiger partial charge in [0.1, 0.15) is 0 Å². The number of thiol groups is 1. The number of anilines is 1. The Bertz CT molecular complexity index is 649. The van der Waals surface area contributed by atoms with Gasteiger partial charge in [-0.2, -0.15) is 0 Å². The Morgan fingerprint density at radius 3 is 2.58 bits per heavy atom. The maximum Gasteiger partial charge on any atom is 0.337 e. The Morgan fingerprint density at radius 2 is 2.00 bits per heavy atom. The standard InChI is InChI=1S/C13H11NO3S2/c1-7-10(18)6-19-11(7)12(15)14-9-5-3-2-4-8(9)13(16)17/h2-6,18H,1H3,(H,14,15)(H,16,17). The van der Waals surface area contributed by atoms with Crippen LogP contribution in [0.2, 0.25) is 0 Å². The van der Waals surface area contributed by atoms with Crippen molar-refractivity contribution < 1.29 is 14.7 Å². The van der Waals surface area contributed by atoms with Crippen molar-refractivity contribution in [3.8, 4) is 0 Å². The molecule has 0 radical (unpaired) electrons. The molecule has 2 rings (SSSR count). The lowest BCUT2D eigenvalue weighted by molar-refractivity contribution is 0.0698. The molecular weight excluding hydrogens is 282 g/mol. The molecule has 0 fully saturated rings. The van der Waals surface area contributed by atoms with E-state index in [2.05, 4.69) is 17.9 Å². The van der Waals surface area contributed by atoms with Crippen molar-refractivity contribution in [3.05, 3.63) is 45.6 Å². The van der Waals surface area contributed by atoms with Crippen LogP contribution in [-0.2, 0) is 0 Å². The number of carbonyl (C=O) groups is 2. The molecule has 0 aliphatic heterocycles. The van der Waals surface area contributed by atoms with Gasteiger partial charge in [-0.05, 0) is 24.6 Å². The largest absolute Gasteiger partial charge is 0.478 e. The molecule has 2 N–H and O–H groups in total. The smallest absolute Gasteiger partial charge is 0.337 e. The molecule has 4 nitrogen and oxygen atoms in total. The minimum atomic E-state index is -1.08. The summed E-state index contributed by atoms with van der Waals surface area (Å²) in [4.78, 5) is 24.4. The van der Waals surface area contributed by atoms with Crippen LogP contribution in [0, 0.1) is 6.92 Å². The number of amides is 1. The van der Waals surface area contributed by atoms with Gasteiger partial charge in [0, 0.05) is 10.3 Å². The third-order valence-corrected chi connectivity index (χ3v) is 4.35. The van der Waals surface area contributed by atoms with Crippen LogP contribution in [0.3, 0.4) is 0 Å². The van der Waals surface area contributed by atoms with Gasteiger partial charge < -0.3 is 10.4 Å². The number of rotatable bonds is 3. The molecule has 0 unspecified atom stereocenters. The lowest BCUT2D eigenvalue weighted by Gasteiger charge is -2.07. The number of hydrogen-bond acceptors (Lipinski definition) is 4. The highest BCUT2D eigenvalue weighted by molar-refractivity contribution is 7.80. The topological polar surface area (TPSA) is 66.4 Å². The molecule has 98 valence electrons. The van der Waals surface area contributed by atoms with Crippen LogP contribution >= 0.6 is 24.0 Å². The molecule has 6 heteroatoms. The monoisotopic (exact) mass is 293 g/mol. The van der Waals surface area contributed by atoms with Crippen molar-refractivity contribution in [2.45, 2.75) is 11.8 Å². The highest BCUT2D eigenvalue weighted by Gasteiger charge is 2.16. The van der Waals surface area contributed by atoms with Crippen LogP contribution in [0.4, 0.5) is 5.69 Å². The van der Waals surface area contributed by atoms with E-state index in [9.17, 15) is 9.59 Å². The number of hydrogen-bond donors (Lipinski definition) is 3. The van der Waals surface area contributed by atoms with Gasteiger partial charge in [-0.25, -0.2) is 4.79 Å². The third kappa shape index (κ3) is 2.80. The van der Waals surface area contributed by atoms with E-state index in [4.69, 9.17) is 5.11 Å². The molecule has 0 saturated carbocycles. The van der Waals surface area contributed by atoms with E-state index in [1.807, 2.05) is 0 Å². The van der Waals surface area contributed by atoms with Gasteiger partial charge in [0.2, 0.25) is 0 Å². The van der Waals surface area contributed by atoms with Gasteiger partial charge in [0.25, 0.3) is 5.91 Å². The molecule has 1 aromatic heterocycles. The molecule has 19 heavy (non-hydrogen) atoms. The predicted octanol–water partition coefficient (Wildman–Crippen LogP) is 3.30. The van der Waals surface area contributed by atoms with Gasteiger partial charge in [-0.15, -0.1) is 24.0 Å². The number of aromatic carboxylic acids is 1. The van der Waals surface area contributed by atoms with E-state index in [0.717, 1.165) is 10.5 Å². The first-order valence-electron chi connectivity index (χ1n) is 5.41. The van der Waals surface area contributed by atoms with Crippen molar-refractivity contribution in [2.75, 3.05) is 5.32 Å². The average Bonchev–Trinajstić information content (AvgIpc) is 2.70. The van der Waals surface area contributed by atoms with E-state index in [0.29, 0.717) is 4.88 Å². The van der Waals surface area contributed by atoms with Crippen molar-refractivity contribution in [1.82, 2.24) is 0 Å².